The molecule has 5 rings (SSSR count). The van der Waals surface area contributed by atoms with E-state index in [9.17, 15) is 19.2 Å². The van der Waals surface area contributed by atoms with Gasteiger partial charge in [-0.2, -0.15) is 0 Å². The summed E-state index contributed by atoms with van der Waals surface area (Å²) in [6.45, 7) is 1.99. The summed E-state index contributed by atoms with van der Waals surface area (Å²) in [4.78, 5) is 61.7. The zero-order chi connectivity index (χ0) is 36.8. The van der Waals surface area contributed by atoms with Crippen molar-refractivity contribution in [2.45, 2.75) is 20.1 Å². The highest BCUT2D eigenvalue weighted by Crippen LogP contribution is 2.30. The molecule has 2 aromatic heterocycles. The van der Waals surface area contributed by atoms with E-state index in [4.69, 9.17) is 4.74 Å². The van der Waals surface area contributed by atoms with Gasteiger partial charge in [-0.05, 0) is 67.1 Å². The lowest BCUT2D eigenvalue weighted by molar-refractivity contribution is -0.116. The Kier molecular flexibility index (Phi) is 12.6. The van der Waals surface area contributed by atoms with Crippen LogP contribution in [-0.2, 0) is 17.9 Å². The van der Waals surface area contributed by atoms with Gasteiger partial charge in [0, 0.05) is 88.0 Å². The van der Waals surface area contributed by atoms with Gasteiger partial charge in [-0.1, -0.05) is 30.3 Å². The highest BCUT2D eigenvalue weighted by molar-refractivity contribution is 6.04. The molecule has 0 radical (unpaired) electrons. The summed E-state index contributed by atoms with van der Waals surface area (Å²) in [5.41, 5.74) is 5.16. The van der Waals surface area contributed by atoms with Crippen LogP contribution in [0.3, 0.4) is 0 Å². The molecule has 0 saturated heterocycles. The molecule has 0 bridgehead atoms. The highest BCUT2D eigenvalue weighted by atomic mass is 35.5. The summed E-state index contributed by atoms with van der Waals surface area (Å²) in [6, 6.07) is 23.7. The molecular formula is C40H43ClN6O5. The van der Waals surface area contributed by atoms with Crippen LogP contribution in [0.15, 0.2) is 91.1 Å². The minimum absolute atomic E-state index is 0. The normalized spacial score (nSPS) is 10.8. The second-order valence-corrected chi connectivity index (χ2v) is 12.7. The minimum Gasteiger partial charge on any atom is -0.487 e. The molecule has 4 amide bonds. The molecule has 0 saturated carbocycles. The molecule has 0 atom stereocenters. The number of carbonyl (C=O) groups is 4. The average Bonchev–Trinajstić information content (AvgIpc) is 3.59. The Balaban J connectivity index is 0.00000605. The lowest BCUT2D eigenvalue weighted by Crippen LogP contribution is -2.29. The van der Waals surface area contributed by atoms with Gasteiger partial charge in [0.25, 0.3) is 17.7 Å². The Morgan fingerprint density at radius 1 is 0.788 bits per heavy atom. The Labute approximate surface area is 309 Å². The molecule has 12 heteroatoms. The number of aryl methyl sites for hydroxylation is 1. The average molecular weight is 723 g/mol. The molecule has 52 heavy (non-hydrogen) atoms. The molecule has 2 heterocycles. The molecule has 1 N–H and O–H groups in total. The van der Waals surface area contributed by atoms with Crippen LogP contribution in [0.2, 0.25) is 0 Å². The number of ether oxygens (including phenoxy) is 1. The summed E-state index contributed by atoms with van der Waals surface area (Å²) >= 11 is 0. The molecule has 270 valence electrons. The fourth-order valence-corrected chi connectivity index (χ4v) is 5.57. The third-order valence-corrected chi connectivity index (χ3v) is 8.27. The fourth-order valence-electron chi connectivity index (χ4n) is 5.57. The van der Waals surface area contributed by atoms with Crippen molar-refractivity contribution in [2.75, 3.05) is 42.3 Å². The Bertz CT molecular complexity index is 2140. The van der Waals surface area contributed by atoms with E-state index in [0.717, 1.165) is 16.6 Å². The van der Waals surface area contributed by atoms with Gasteiger partial charge in [0.2, 0.25) is 5.91 Å². The van der Waals surface area contributed by atoms with Crippen LogP contribution in [0.4, 0.5) is 0 Å². The number of carbonyl (C=O) groups excluding carboxylic acids is 4. The van der Waals surface area contributed by atoms with E-state index >= 15 is 0 Å². The number of para-hydroxylation sites is 1. The molecule has 0 aliphatic heterocycles. The van der Waals surface area contributed by atoms with Gasteiger partial charge in [0.15, 0.2) is 0 Å². The van der Waals surface area contributed by atoms with Crippen LogP contribution in [0.25, 0.3) is 22.7 Å². The van der Waals surface area contributed by atoms with Crippen LogP contribution in [0.1, 0.15) is 53.6 Å². The van der Waals surface area contributed by atoms with E-state index in [1.807, 2.05) is 60.2 Å². The maximum Gasteiger partial charge on any atom is 0.255 e. The van der Waals surface area contributed by atoms with E-state index in [1.54, 1.807) is 84.8 Å². The van der Waals surface area contributed by atoms with Crippen LogP contribution in [0, 0.1) is 6.92 Å². The first kappa shape index (κ1) is 38.9. The van der Waals surface area contributed by atoms with Crippen molar-refractivity contribution in [3.63, 3.8) is 0 Å². The number of nitrogens with zero attached hydrogens (tertiary/aromatic N) is 5. The van der Waals surface area contributed by atoms with Gasteiger partial charge in [0.05, 0.1) is 17.8 Å². The first-order chi connectivity index (χ1) is 24.3. The van der Waals surface area contributed by atoms with E-state index in [2.05, 4.69) is 10.3 Å². The number of pyridine rings is 1. The second-order valence-electron chi connectivity index (χ2n) is 12.7. The fraction of sp³-hybridized carbons (Fsp3) is 0.225. The molecule has 0 fully saturated rings. The van der Waals surface area contributed by atoms with Gasteiger partial charge >= 0.3 is 0 Å². The third kappa shape index (κ3) is 8.67. The summed E-state index contributed by atoms with van der Waals surface area (Å²) in [5.74, 6) is -0.471. The number of fused-ring (bicyclic) bond motifs is 1. The third-order valence-electron chi connectivity index (χ3n) is 8.27. The summed E-state index contributed by atoms with van der Waals surface area (Å²) < 4.78 is 8.21. The SMILES string of the molecule is Cc1ccc2cccc(OCc3c(C(=O)N(C)C)ccc(-n4cccc4CNC(=O)/C=C/c4ccc(C(=O)N(C)C)cc4)c3C(=O)N(C)C)c2n1.Cl. The smallest absolute Gasteiger partial charge is 0.255 e. The number of benzene rings is 3. The van der Waals surface area contributed by atoms with Crippen LogP contribution >= 0.6 is 12.4 Å². The summed E-state index contributed by atoms with van der Waals surface area (Å²) in [7, 11) is 10.0. The Hall–Kier alpha value is -5.94. The van der Waals surface area contributed by atoms with Crippen molar-refractivity contribution in [3.8, 4) is 11.4 Å². The largest absolute Gasteiger partial charge is 0.487 e. The number of rotatable bonds is 11. The standard InChI is InChI=1S/C40H42N6O5.ClH/c1-26-13-17-28-10-8-12-34(37(28)42-26)51-25-32-31(39(49)44(4)5)20-21-33(36(32)40(50)45(6)7)46-23-9-11-30(46)24-41-35(47)22-16-27-14-18-29(19-15-27)38(48)43(2)3;/h8-23H,24-25H2,1-7H3,(H,41,47);1H/b22-16+;. The van der Waals surface area contributed by atoms with E-state index in [1.165, 1.54) is 20.8 Å². The van der Waals surface area contributed by atoms with Crippen LogP contribution in [0.5, 0.6) is 5.75 Å². The summed E-state index contributed by atoms with van der Waals surface area (Å²) in [5, 5.41) is 3.82. The van der Waals surface area contributed by atoms with Crippen molar-refractivity contribution in [2.24, 2.45) is 0 Å². The maximum absolute atomic E-state index is 14.0. The Morgan fingerprint density at radius 2 is 1.48 bits per heavy atom. The minimum atomic E-state index is -0.319. The predicted octanol–water partition coefficient (Wildman–Crippen LogP) is 5.77. The number of nitrogens with one attached hydrogen (secondary N) is 1. The van der Waals surface area contributed by atoms with Gasteiger partial charge in [-0.3, -0.25) is 19.2 Å². The zero-order valence-electron chi connectivity index (χ0n) is 30.3. The van der Waals surface area contributed by atoms with Gasteiger partial charge < -0.3 is 29.3 Å². The molecular weight excluding hydrogens is 680 g/mol. The van der Waals surface area contributed by atoms with E-state index in [-0.39, 0.29) is 49.2 Å². The van der Waals surface area contributed by atoms with Gasteiger partial charge in [-0.15, -0.1) is 12.4 Å². The van der Waals surface area contributed by atoms with Crippen molar-refractivity contribution < 1.29 is 23.9 Å². The quantitative estimate of drug-likeness (QED) is 0.173. The number of aromatic nitrogens is 2. The molecule has 0 aliphatic carbocycles. The molecule has 0 unspecified atom stereocenters. The lowest BCUT2D eigenvalue weighted by Gasteiger charge is -2.23. The van der Waals surface area contributed by atoms with E-state index in [0.29, 0.717) is 44.9 Å². The number of hydrogen-bond acceptors (Lipinski definition) is 6. The van der Waals surface area contributed by atoms with Crippen LogP contribution in [-0.4, -0.2) is 90.2 Å². The van der Waals surface area contributed by atoms with Crippen molar-refractivity contribution in [3.05, 3.63) is 130 Å². The zero-order valence-corrected chi connectivity index (χ0v) is 31.2. The number of halogens is 1. The monoisotopic (exact) mass is 722 g/mol. The highest BCUT2D eigenvalue weighted by Gasteiger charge is 2.27. The Morgan fingerprint density at radius 3 is 2.15 bits per heavy atom. The second kappa shape index (κ2) is 16.8. The topological polar surface area (TPSA) is 117 Å². The molecule has 11 nitrogen and oxygen atoms in total. The molecule has 0 aliphatic rings. The van der Waals surface area contributed by atoms with Crippen molar-refractivity contribution in [1.82, 2.24) is 29.6 Å². The maximum atomic E-state index is 14.0. The predicted molar refractivity (Wildman–Crippen MR) is 205 cm³/mol. The van der Waals surface area contributed by atoms with Crippen molar-refractivity contribution >= 4 is 53.0 Å². The van der Waals surface area contributed by atoms with Gasteiger partial charge in [-0.25, -0.2) is 4.98 Å². The van der Waals surface area contributed by atoms with Crippen LogP contribution < -0.4 is 10.1 Å². The lowest BCUT2D eigenvalue weighted by atomic mass is 9.97. The van der Waals surface area contributed by atoms with Crippen molar-refractivity contribution in [1.29, 1.82) is 0 Å². The summed E-state index contributed by atoms with van der Waals surface area (Å²) in [6.07, 6.45) is 4.91. The molecule has 3 aromatic carbocycles. The first-order valence-electron chi connectivity index (χ1n) is 16.4. The molecule has 0 spiro atoms. The molecule has 5 aromatic rings. The number of amides is 4. The van der Waals surface area contributed by atoms with Gasteiger partial charge in [0.1, 0.15) is 17.9 Å². The first-order valence-corrected chi connectivity index (χ1v) is 16.4. The number of hydrogen-bond donors (Lipinski definition) is 1. The van der Waals surface area contributed by atoms with E-state index < -0.39 is 0 Å².